The maximum atomic E-state index is 13.6. The van der Waals surface area contributed by atoms with Gasteiger partial charge in [-0.15, -0.1) is 22.7 Å². The van der Waals surface area contributed by atoms with Crippen LogP contribution in [0, 0.1) is 6.92 Å². The standard InChI is InChI=1S/C30H23N3O3S2/c1-19-9-14-23-26(16-19)38-28(31-23)21-10-12-22(13-11-21)33-27(34)17-24(29(33)35)32(18-20-6-3-2-4-7-20)30(36)25-8-5-15-37-25/h2-16,24H,17-18H2,1H3. The lowest BCUT2D eigenvalue weighted by molar-refractivity contribution is -0.122. The van der Waals surface area contributed by atoms with Crippen LogP contribution < -0.4 is 4.90 Å². The Bertz CT molecular complexity index is 1640. The molecule has 0 spiro atoms. The van der Waals surface area contributed by atoms with E-state index in [0.717, 1.165) is 26.4 Å². The second kappa shape index (κ2) is 9.96. The summed E-state index contributed by atoms with van der Waals surface area (Å²) in [6, 6.07) is 25.7. The quantitative estimate of drug-likeness (QED) is 0.238. The van der Waals surface area contributed by atoms with Crippen molar-refractivity contribution in [1.29, 1.82) is 0 Å². The molecular weight excluding hydrogens is 514 g/mol. The summed E-state index contributed by atoms with van der Waals surface area (Å²) in [6.45, 7) is 2.30. The maximum absolute atomic E-state index is 13.6. The summed E-state index contributed by atoms with van der Waals surface area (Å²) >= 11 is 2.93. The number of hydrogen-bond donors (Lipinski definition) is 0. The number of hydrogen-bond acceptors (Lipinski definition) is 6. The van der Waals surface area contributed by atoms with Gasteiger partial charge in [0.1, 0.15) is 11.0 Å². The van der Waals surface area contributed by atoms with Crippen LogP contribution in [0.15, 0.2) is 90.3 Å². The molecule has 0 aliphatic carbocycles. The van der Waals surface area contributed by atoms with Crippen molar-refractivity contribution in [2.24, 2.45) is 0 Å². The van der Waals surface area contributed by atoms with Crippen molar-refractivity contribution in [1.82, 2.24) is 9.88 Å². The molecule has 0 N–H and O–H groups in total. The van der Waals surface area contributed by atoms with Gasteiger partial charge in [0.25, 0.3) is 11.8 Å². The van der Waals surface area contributed by atoms with Gasteiger partial charge in [-0.05, 0) is 65.9 Å². The second-order valence-electron chi connectivity index (χ2n) is 9.22. The summed E-state index contributed by atoms with van der Waals surface area (Å²) in [5.41, 5.74) is 4.43. The molecule has 3 amide bonds. The number of nitrogens with zero attached hydrogens (tertiary/aromatic N) is 3. The predicted molar refractivity (Wildman–Crippen MR) is 151 cm³/mol. The van der Waals surface area contributed by atoms with Crippen LogP contribution in [0.4, 0.5) is 5.69 Å². The number of imide groups is 1. The number of aromatic nitrogens is 1. The molecule has 1 aliphatic heterocycles. The third-order valence-corrected chi connectivity index (χ3v) is 8.53. The minimum Gasteiger partial charge on any atom is -0.321 e. The zero-order valence-electron chi connectivity index (χ0n) is 20.5. The molecule has 2 aromatic heterocycles. The molecular formula is C30H23N3O3S2. The summed E-state index contributed by atoms with van der Waals surface area (Å²) in [5, 5.41) is 2.71. The molecule has 188 valence electrons. The highest BCUT2D eigenvalue weighted by Gasteiger charge is 2.44. The van der Waals surface area contributed by atoms with E-state index < -0.39 is 6.04 Å². The van der Waals surface area contributed by atoms with Crippen molar-refractivity contribution >= 4 is 56.3 Å². The lowest BCUT2D eigenvalue weighted by atomic mass is 10.1. The number of fused-ring (bicyclic) bond motifs is 1. The predicted octanol–water partition coefficient (Wildman–Crippen LogP) is 6.31. The van der Waals surface area contributed by atoms with Gasteiger partial charge in [-0.25, -0.2) is 9.88 Å². The Morgan fingerprint density at radius 1 is 1.00 bits per heavy atom. The summed E-state index contributed by atoms with van der Waals surface area (Å²) in [6.07, 6.45) is -0.0538. The number of thiophene rings is 1. The minimum absolute atomic E-state index is 0.0538. The van der Waals surface area contributed by atoms with E-state index in [4.69, 9.17) is 4.98 Å². The van der Waals surface area contributed by atoms with Crippen molar-refractivity contribution in [3.63, 3.8) is 0 Å². The number of amides is 3. The van der Waals surface area contributed by atoms with Gasteiger partial charge in [-0.2, -0.15) is 0 Å². The minimum atomic E-state index is -0.871. The summed E-state index contributed by atoms with van der Waals surface area (Å²) in [4.78, 5) is 48.2. The Kier molecular flexibility index (Phi) is 6.35. The van der Waals surface area contributed by atoms with E-state index in [0.29, 0.717) is 10.6 Å². The highest BCUT2D eigenvalue weighted by Crippen LogP contribution is 2.33. The van der Waals surface area contributed by atoms with Crippen LogP contribution in [0.25, 0.3) is 20.8 Å². The van der Waals surface area contributed by atoms with E-state index in [2.05, 4.69) is 13.0 Å². The number of rotatable bonds is 6. The van der Waals surface area contributed by atoms with Gasteiger partial charge >= 0.3 is 0 Å². The Labute approximate surface area is 227 Å². The first kappa shape index (κ1) is 24.2. The van der Waals surface area contributed by atoms with Crippen molar-refractivity contribution in [3.05, 3.63) is 106 Å². The van der Waals surface area contributed by atoms with Crippen LogP contribution >= 0.6 is 22.7 Å². The van der Waals surface area contributed by atoms with Crippen molar-refractivity contribution in [2.75, 3.05) is 4.90 Å². The highest BCUT2D eigenvalue weighted by molar-refractivity contribution is 7.21. The first-order valence-corrected chi connectivity index (χ1v) is 13.9. The normalized spacial score (nSPS) is 15.4. The van der Waals surface area contributed by atoms with Gasteiger partial charge in [-0.1, -0.05) is 42.5 Å². The van der Waals surface area contributed by atoms with Gasteiger partial charge in [0.2, 0.25) is 5.91 Å². The molecule has 1 unspecified atom stereocenters. The lowest BCUT2D eigenvalue weighted by Crippen LogP contribution is -2.44. The summed E-state index contributed by atoms with van der Waals surface area (Å²) in [7, 11) is 0. The molecule has 0 bridgehead atoms. The van der Waals surface area contributed by atoms with Crippen LogP contribution in [0.5, 0.6) is 0 Å². The molecule has 3 aromatic carbocycles. The molecule has 0 saturated carbocycles. The first-order valence-electron chi connectivity index (χ1n) is 12.2. The zero-order valence-corrected chi connectivity index (χ0v) is 22.2. The largest absolute Gasteiger partial charge is 0.321 e. The molecule has 6 rings (SSSR count). The number of benzene rings is 3. The zero-order chi connectivity index (χ0) is 26.2. The number of carbonyl (C=O) groups excluding carboxylic acids is 3. The van der Waals surface area contributed by atoms with E-state index in [1.807, 2.05) is 60.0 Å². The third kappa shape index (κ3) is 4.53. The molecule has 38 heavy (non-hydrogen) atoms. The smallest absolute Gasteiger partial charge is 0.264 e. The van der Waals surface area contributed by atoms with Gasteiger partial charge in [0, 0.05) is 12.1 Å². The molecule has 1 saturated heterocycles. The number of carbonyl (C=O) groups is 3. The topological polar surface area (TPSA) is 70.6 Å². The molecule has 1 fully saturated rings. The van der Waals surface area contributed by atoms with E-state index in [1.54, 1.807) is 35.6 Å². The average molecular weight is 538 g/mol. The number of thiazole rings is 1. The molecule has 1 atom stereocenters. The van der Waals surface area contributed by atoms with Crippen molar-refractivity contribution < 1.29 is 14.4 Å². The summed E-state index contributed by atoms with van der Waals surface area (Å²) in [5.74, 6) is -0.961. The average Bonchev–Trinajstić information content (AvgIpc) is 3.67. The molecule has 1 aliphatic rings. The molecule has 3 heterocycles. The van der Waals surface area contributed by atoms with Crippen molar-refractivity contribution in [2.45, 2.75) is 25.9 Å². The van der Waals surface area contributed by atoms with Crippen LogP contribution in [0.3, 0.4) is 0 Å². The van der Waals surface area contributed by atoms with E-state index in [9.17, 15) is 14.4 Å². The first-order chi connectivity index (χ1) is 18.5. The summed E-state index contributed by atoms with van der Waals surface area (Å²) < 4.78 is 1.12. The van der Waals surface area contributed by atoms with Crippen LogP contribution in [-0.4, -0.2) is 33.6 Å². The lowest BCUT2D eigenvalue weighted by Gasteiger charge is -2.27. The molecule has 6 nitrogen and oxygen atoms in total. The van der Waals surface area contributed by atoms with Crippen LogP contribution in [0.2, 0.25) is 0 Å². The molecule has 0 radical (unpaired) electrons. The second-order valence-corrected chi connectivity index (χ2v) is 11.2. The Morgan fingerprint density at radius 2 is 1.79 bits per heavy atom. The van der Waals surface area contributed by atoms with Crippen molar-refractivity contribution in [3.8, 4) is 10.6 Å². The SMILES string of the molecule is Cc1ccc2nc(-c3ccc(N4C(=O)CC(N(Cc5ccccc5)C(=O)c5cccs5)C4=O)cc3)sc2c1. The molecule has 5 aromatic rings. The van der Waals surface area contributed by atoms with Gasteiger partial charge in [0.15, 0.2) is 0 Å². The van der Waals surface area contributed by atoms with Gasteiger partial charge < -0.3 is 4.90 Å². The van der Waals surface area contributed by atoms with E-state index >= 15 is 0 Å². The van der Waals surface area contributed by atoms with Crippen LogP contribution in [0.1, 0.15) is 27.2 Å². The highest BCUT2D eigenvalue weighted by atomic mass is 32.1. The van der Waals surface area contributed by atoms with E-state index in [-0.39, 0.29) is 30.7 Å². The van der Waals surface area contributed by atoms with Gasteiger partial charge in [0.05, 0.1) is 27.2 Å². The fraction of sp³-hybridized carbons (Fsp3) is 0.133. The Morgan fingerprint density at radius 3 is 2.53 bits per heavy atom. The monoisotopic (exact) mass is 537 g/mol. The van der Waals surface area contributed by atoms with E-state index in [1.165, 1.54) is 26.7 Å². The number of anilines is 1. The van der Waals surface area contributed by atoms with Crippen LogP contribution in [-0.2, 0) is 16.1 Å². The third-order valence-electron chi connectivity index (χ3n) is 6.60. The molecule has 8 heteroatoms. The fourth-order valence-electron chi connectivity index (χ4n) is 4.68. The van der Waals surface area contributed by atoms with Gasteiger partial charge in [-0.3, -0.25) is 14.4 Å². The Hall–Kier alpha value is -4.14. The fourth-order valence-corrected chi connectivity index (χ4v) is 6.43. The number of aryl methyl sites for hydroxylation is 1. The Balaban J connectivity index is 1.27. The maximum Gasteiger partial charge on any atom is 0.264 e.